The normalized spacial score (nSPS) is 16.6. The van der Waals surface area contributed by atoms with Crippen LogP contribution >= 0.6 is 0 Å². The summed E-state index contributed by atoms with van der Waals surface area (Å²) in [6, 6.07) is 3.80. The first-order valence-corrected chi connectivity index (χ1v) is 10.3. The zero-order valence-electron chi connectivity index (χ0n) is 17.1. The lowest BCUT2D eigenvalue weighted by Gasteiger charge is -2.34. The lowest BCUT2D eigenvalue weighted by molar-refractivity contribution is 0.105. The number of nitrogens with one attached hydrogen (secondary N) is 2. The SMILES string of the molecule is CCN1CCN(CCCCNC(=NC)NCCCOCc2ccco2)CC1. The van der Waals surface area contributed by atoms with Crippen molar-refractivity contribution in [3.05, 3.63) is 24.2 Å². The Bertz CT molecular complexity index is 498. The van der Waals surface area contributed by atoms with Crippen LogP contribution in [0.15, 0.2) is 27.8 Å². The van der Waals surface area contributed by atoms with Crippen molar-refractivity contribution in [2.24, 2.45) is 4.99 Å². The van der Waals surface area contributed by atoms with Crippen LogP contribution in [0.5, 0.6) is 0 Å². The average molecular weight is 380 g/mol. The fraction of sp³-hybridized carbons (Fsp3) is 0.750. The predicted molar refractivity (Wildman–Crippen MR) is 110 cm³/mol. The van der Waals surface area contributed by atoms with Gasteiger partial charge >= 0.3 is 0 Å². The average Bonchev–Trinajstić information content (AvgIpc) is 3.22. The summed E-state index contributed by atoms with van der Waals surface area (Å²) < 4.78 is 10.8. The molecule has 1 aliphatic heterocycles. The molecule has 1 aliphatic rings. The fourth-order valence-electron chi connectivity index (χ4n) is 3.17. The van der Waals surface area contributed by atoms with E-state index in [1.807, 2.05) is 19.2 Å². The molecule has 2 heterocycles. The monoisotopic (exact) mass is 379 g/mol. The Hall–Kier alpha value is -1.57. The van der Waals surface area contributed by atoms with Crippen molar-refractivity contribution in [1.82, 2.24) is 20.4 Å². The summed E-state index contributed by atoms with van der Waals surface area (Å²) in [6.45, 7) is 12.5. The van der Waals surface area contributed by atoms with E-state index in [-0.39, 0.29) is 0 Å². The van der Waals surface area contributed by atoms with E-state index >= 15 is 0 Å². The minimum absolute atomic E-state index is 0.535. The minimum atomic E-state index is 0.535. The van der Waals surface area contributed by atoms with E-state index in [4.69, 9.17) is 9.15 Å². The van der Waals surface area contributed by atoms with E-state index < -0.39 is 0 Å². The second-order valence-electron chi connectivity index (χ2n) is 6.89. The molecule has 1 fully saturated rings. The van der Waals surface area contributed by atoms with E-state index in [1.165, 1.54) is 52.1 Å². The second-order valence-corrected chi connectivity index (χ2v) is 6.89. The summed E-state index contributed by atoms with van der Waals surface area (Å²) in [7, 11) is 1.82. The van der Waals surface area contributed by atoms with Gasteiger partial charge in [-0.3, -0.25) is 4.99 Å². The molecule has 0 aliphatic carbocycles. The molecule has 0 radical (unpaired) electrons. The van der Waals surface area contributed by atoms with Crippen molar-refractivity contribution in [3.8, 4) is 0 Å². The second kappa shape index (κ2) is 13.6. The first-order chi connectivity index (χ1) is 13.3. The van der Waals surface area contributed by atoms with Gasteiger partial charge in [0.2, 0.25) is 0 Å². The third kappa shape index (κ3) is 9.26. The zero-order valence-corrected chi connectivity index (χ0v) is 17.1. The molecule has 27 heavy (non-hydrogen) atoms. The molecule has 0 unspecified atom stereocenters. The summed E-state index contributed by atoms with van der Waals surface area (Å²) in [5.74, 6) is 1.74. The summed E-state index contributed by atoms with van der Waals surface area (Å²) in [6.07, 6.45) is 5.01. The van der Waals surface area contributed by atoms with Crippen molar-refractivity contribution >= 4 is 5.96 Å². The molecule has 0 spiro atoms. The van der Waals surface area contributed by atoms with Crippen LogP contribution in [0.2, 0.25) is 0 Å². The number of nitrogens with zero attached hydrogens (tertiary/aromatic N) is 3. The quantitative estimate of drug-likeness (QED) is 0.328. The molecule has 1 aromatic rings. The van der Waals surface area contributed by atoms with E-state index in [9.17, 15) is 0 Å². The number of aliphatic imine (C=N–C) groups is 1. The molecule has 7 nitrogen and oxygen atoms in total. The number of furan rings is 1. The third-order valence-electron chi connectivity index (χ3n) is 4.91. The summed E-state index contributed by atoms with van der Waals surface area (Å²) >= 11 is 0. The number of ether oxygens (including phenoxy) is 1. The highest BCUT2D eigenvalue weighted by atomic mass is 16.5. The molecular formula is C20H37N5O2. The van der Waals surface area contributed by atoms with Gasteiger partial charge < -0.3 is 29.6 Å². The van der Waals surface area contributed by atoms with Gasteiger partial charge in [-0.05, 0) is 44.5 Å². The fourth-order valence-corrected chi connectivity index (χ4v) is 3.17. The van der Waals surface area contributed by atoms with Gasteiger partial charge in [0.1, 0.15) is 12.4 Å². The Labute approximate surface area is 164 Å². The summed E-state index contributed by atoms with van der Waals surface area (Å²) in [5, 5.41) is 6.73. The molecule has 154 valence electrons. The van der Waals surface area contributed by atoms with Gasteiger partial charge in [0.15, 0.2) is 5.96 Å². The number of rotatable bonds is 12. The highest BCUT2D eigenvalue weighted by Crippen LogP contribution is 2.03. The van der Waals surface area contributed by atoms with E-state index in [0.29, 0.717) is 13.2 Å². The predicted octanol–water partition coefficient (Wildman–Crippen LogP) is 1.77. The van der Waals surface area contributed by atoms with Crippen LogP contribution in [0.4, 0.5) is 0 Å². The maximum atomic E-state index is 5.58. The van der Waals surface area contributed by atoms with Gasteiger partial charge in [-0.1, -0.05) is 6.92 Å². The highest BCUT2D eigenvalue weighted by Gasteiger charge is 2.14. The number of unbranched alkanes of at least 4 members (excludes halogenated alkanes) is 1. The topological polar surface area (TPSA) is 65.3 Å². The Kier molecular flexibility index (Phi) is 10.9. The Balaban J connectivity index is 1.41. The highest BCUT2D eigenvalue weighted by molar-refractivity contribution is 5.79. The zero-order chi connectivity index (χ0) is 19.2. The maximum Gasteiger partial charge on any atom is 0.190 e. The van der Waals surface area contributed by atoms with Crippen molar-refractivity contribution in [3.63, 3.8) is 0 Å². The van der Waals surface area contributed by atoms with Gasteiger partial charge in [0.25, 0.3) is 0 Å². The lowest BCUT2D eigenvalue weighted by Crippen LogP contribution is -2.46. The van der Waals surface area contributed by atoms with Gasteiger partial charge in [0.05, 0.1) is 6.26 Å². The number of likely N-dealkylation sites (N-methyl/N-ethyl adjacent to an activating group) is 1. The molecule has 2 N–H and O–H groups in total. The van der Waals surface area contributed by atoms with Crippen molar-refractivity contribution in [1.29, 1.82) is 0 Å². The molecule has 2 rings (SSSR count). The molecule has 7 heteroatoms. The van der Waals surface area contributed by atoms with E-state index in [0.717, 1.165) is 31.2 Å². The van der Waals surface area contributed by atoms with Gasteiger partial charge in [-0.25, -0.2) is 0 Å². The molecule has 1 saturated heterocycles. The van der Waals surface area contributed by atoms with Crippen molar-refractivity contribution in [2.75, 3.05) is 66.0 Å². The molecule has 0 bridgehead atoms. The van der Waals surface area contributed by atoms with Crippen LogP contribution in [-0.4, -0.2) is 81.8 Å². The van der Waals surface area contributed by atoms with Crippen LogP contribution in [0.3, 0.4) is 0 Å². The minimum Gasteiger partial charge on any atom is -0.467 e. The van der Waals surface area contributed by atoms with Gasteiger partial charge in [-0.2, -0.15) is 0 Å². The maximum absolute atomic E-state index is 5.58. The van der Waals surface area contributed by atoms with Gasteiger partial charge in [0, 0.05) is 52.9 Å². The molecule has 0 atom stereocenters. The number of hydrogen-bond donors (Lipinski definition) is 2. The van der Waals surface area contributed by atoms with Crippen LogP contribution in [0.25, 0.3) is 0 Å². The molecule has 1 aromatic heterocycles. The lowest BCUT2D eigenvalue weighted by atomic mass is 10.2. The number of guanidine groups is 1. The molecule has 0 amide bonds. The molecule has 0 saturated carbocycles. The Morgan fingerprint density at radius 2 is 1.85 bits per heavy atom. The van der Waals surface area contributed by atoms with Crippen LogP contribution in [0, 0.1) is 0 Å². The molecule has 0 aromatic carbocycles. The van der Waals surface area contributed by atoms with Crippen LogP contribution < -0.4 is 10.6 Å². The van der Waals surface area contributed by atoms with E-state index in [2.05, 4.69) is 32.3 Å². The molecular weight excluding hydrogens is 342 g/mol. The number of hydrogen-bond acceptors (Lipinski definition) is 5. The van der Waals surface area contributed by atoms with Crippen molar-refractivity contribution < 1.29 is 9.15 Å². The standard InChI is InChI=1S/C20H37N5O2/c1-3-24-12-14-25(15-13-24)11-5-4-9-22-20(21-2)23-10-7-16-26-18-19-8-6-17-27-19/h6,8,17H,3-5,7,9-16,18H2,1-2H3,(H2,21,22,23). The summed E-state index contributed by atoms with van der Waals surface area (Å²) in [4.78, 5) is 9.38. The Morgan fingerprint density at radius 1 is 1.11 bits per heavy atom. The first kappa shape index (κ1) is 21.7. The largest absolute Gasteiger partial charge is 0.467 e. The van der Waals surface area contributed by atoms with Crippen LogP contribution in [0.1, 0.15) is 31.9 Å². The number of piperazine rings is 1. The Morgan fingerprint density at radius 3 is 2.52 bits per heavy atom. The van der Waals surface area contributed by atoms with Gasteiger partial charge in [-0.15, -0.1) is 0 Å². The van der Waals surface area contributed by atoms with Crippen molar-refractivity contribution in [2.45, 2.75) is 32.8 Å². The third-order valence-corrected chi connectivity index (χ3v) is 4.91. The summed E-state index contributed by atoms with van der Waals surface area (Å²) in [5.41, 5.74) is 0. The smallest absolute Gasteiger partial charge is 0.190 e. The first-order valence-electron chi connectivity index (χ1n) is 10.3. The van der Waals surface area contributed by atoms with E-state index in [1.54, 1.807) is 6.26 Å². The van der Waals surface area contributed by atoms with Crippen LogP contribution in [-0.2, 0) is 11.3 Å².